The van der Waals surface area contributed by atoms with Crippen LogP contribution in [0.4, 0.5) is 11.4 Å². The predicted molar refractivity (Wildman–Crippen MR) is 135 cm³/mol. The Bertz CT molecular complexity index is 1470. The van der Waals surface area contributed by atoms with Gasteiger partial charge in [0.05, 0.1) is 30.4 Å². The number of aromatic nitrogens is 2. The van der Waals surface area contributed by atoms with E-state index >= 15 is 0 Å². The predicted octanol–water partition coefficient (Wildman–Crippen LogP) is 4.82. The first-order valence-electron chi connectivity index (χ1n) is 10.7. The molecule has 0 saturated heterocycles. The Hall–Kier alpha value is -4.24. The lowest BCUT2D eigenvalue weighted by molar-refractivity contribution is 0.102. The number of hydrogen-bond acceptors (Lipinski definition) is 6. The summed E-state index contributed by atoms with van der Waals surface area (Å²) in [5.41, 5.74) is 4.12. The van der Waals surface area contributed by atoms with Crippen molar-refractivity contribution in [2.75, 3.05) is 17.1 Å². The smallest absolute Gasteiger partial charge is 0.267 e. The van der Waals surface area contributed by atoms with Crippen molar-refractivity contribution in [3.8, 4) is 17.1 Å². The summed E-state index contributed by atoms with van der Waals surface area (Å²) < 4.78 is 34.3. The molecule has 0 aliphatic heterocycles. The van der Waals surface area contributed by atoms with Crippen LogP contribution in [0.2, 0.25) is 0 Å². The van der Waals surface area contributed by atoms with Crippen molar-refractivity contribution in [2.45, 2.75) is 18.7 Å². The minimum Gasteiger partial charge on any atom is -0.480 e. The second-order valence-corrected chi connectivity index (χ2v) is 9.50. The van der Waals surface area contributed by atoms with Crippen molar-refractivity contribution in [2.24, 2.45) is 0 Å². The van der Waals surface area contributed by atoms with Crippen LogP contribution in [0, 0.1) is 13.8 Å². The molecule has 1 amide bonds. The molecule has 2 aromatic heterocycles. The van der Waals surface area contributed by atoms with Crippen molar-refractivity contribution in [1.82, 2.24) is 9.97 Å². The third-order valence-electron chi connectivity index (χ3n) is 5.37. The number of rotatable bonds is 7. The molecule has 2 heterocycles. The Morgan fingerprint density at radius 2 is 1.63 bits per heavy atom. The van der Waals surface area contributed by atoms with Crippen LogP contribution in [0.25, 0.3) is 11.3 Å². The van der Waals surface area contributed by atoms with Crippen molar-refractivity contribution >= 4 is 27.3 Å². The highest BCUT2D eigenvalue weighted by atomic mass is 32.2. The number of para-hydroxylation sites is 1. The summed E-state index contributed by atoms with van der Waals surface area (Å²) in [4.78, 5) is 21.2. The van der Waals surface area contributed by atoms with Gasteiger partial charge in [0.1, 0.15) is 0 Å². The molecule has 0 atom stereocenters. The quantitative estimate of drug-likeness (QED) is 0.386. The Morgan fingerprint density at radius 1 is 0.914 bits per heavy atom. The lowest BCUT2D eigenvalue weighted by atomic mass is 10.1. The SMILES string of the molecule is COc1ncc(NC(=O)c2ccnc(-c3ccccc3)c2)cc1S(=O)(=O)Nc1c(C)cccc1C. The fourth-order valence-corrected chi connectivity index (χ4v) is 4.90. The maximum Gasteiger partial charge on any atom is 0.267 e. The number of hydrogen-bond donors (Lipinski definition) is 2. The average Bonchev–Trinajstić information content (AvgIpc) is 2.87. The molecular weight excluding hydrogens is 464 g/mol. The van der Waals surface area contributed by atoms with Gasteiger partial charge in [-0.05, 0) is 43.2 Å². The fraction of sp³-hybridized carbons (Fsp3) is 0.115. The number of methoxy groups -OCH3 is 1. The van der Waals surface area contributed by atoms with Gasteiger partial charge in [-0.25, -0.2) is 13.4 Å². The highest BCUT2D eigenvalue weighted by molar-refractivity contribution is 7.92. The molecule has 0 aliphatic carbocycles. The van der Waals surface area contributed by atoms with Gasteiger partial charge in [-0.1, -0.05) is 48.5 Å². The Morgan fingerprint density at radius 3 is 2.31 bits per heavy atom. The molecule has 4 aromatic rings. The van der Waals surface area contributed by atoms with Crippen molar-refractivity contribution < 1.29 is 17.9 Å². The van der Waals surface area contributed by atoms with Gasteiger partial charge in [0.15, 0.2) is 4.90 Å². The first-order valence-corrected chi connectivity index (χ1v) is 12.2. The van der Waals surface area contributed by atoms with Gasteiger partial charge < -0.3 is 10.1 Å². The van der Waals surface area contributed by atoms with Gasteiger partial charge in [-0.3, -0.25) is 14.5 Å². The number of carbonyl (C=O) groups is 1. The number of pyridine rings is 2. The van der Waals surface area contributed by atoms with E-state index in [1.807, 2.05) is 62.4 Å². The zero-order valence-electron chi connectivity index (χ0n) is 19.4. The molecule has 2 N–H and O–H groups in total. The van der Waals surface area contributed by atoms with Gasteiger partial charge in [-0.15, -0.1) is 0 Å². The number of nitrogens with one attached hydrogen (secondary N) is 2. The maximum atomic E-state index is 13.2. The van der Waals surface area contributed by atoms with E-state index in [1.54, 1.807) is 18.3 Å². The molecule has 0 aliphatic rings. The number of carbonyl (C=O) groups excluding carboxylic acids is 1. The Labute approximate surface area is 204 Å². The molecule has 178 valence electrons. The third kappa shape index (κ3) is 5.30. The van der Waals surface area contributed by atoms with Gasteiger partial charge in [0, 0.05) is 17.3 Å². The van der Waals surface area contributed by atoms with E-state index in [0.29, 0.717) is 16.9 Å². The third-order valence-corrected chi connectivity index (χ3v) is 6.71. The summed E-state index contributed by atoms with van der Waals surface area (Å²) in [7, 11) is -2.73. The van der Waals surface area contributed by atoms with E-state index in [1.165, 1.54) is 19.4 Å². The lowest BCUT2D eigenvalue weighted by Crippen LogP contribution is -2.18. The number of amides is 1. The molecular formula is C26H24N4O4S. The topological polar surface area (TPSA) is 110 Å². The van der Waals surface area contributed by atoms with Crippen molar-refractivity contribution in [3.63, 3.8) is 0 Å². The first-order chi connectivity index (χ1) is 16.8. The van der Waals surface area contributed by atoms with Gasteiger partial charge in [0.2, 0.25) is 5.88 Å². The molecule has 0 spiro atoms. The van der Waals surface area contributed by atoms with Crippen LogP contribution in [0.1, 0.15) is 21.5 Å². The minimum absolute atomic E-state index is 0.0861. The molecule has 0 bridgehead atoms. The number of aryl methyl sites for hydroxylation is 2. The number of nitrogens with zero attached hydrogens (tertiary/aromatic N) is 2. The van der Waals surface area contributed by atoms with Crippen LogP contribution in [-0.2, 0) is 10.0 Å². The molecule has 2 aromatic carbocycles. The number of sulfonamides is 1. The largest absolute Gasteiger partial charge is 0.480 e. The number of benzene rings is 2. The molecule has 0 unspecified atom stereocenters. The molecule has 9 heteroatoms. The molecule has 0 fully saturated rings. The van der Waals surface area contributed by atoms with Crippen molar-refractivity contribution in [1.29, 1.82) is 0 Å². The minimum atomic E-state index is -4.07. The lowest BCUT2D eigenvalue weighted by Gasteiger charge is -2.15. The standard InChI is InChI=1S/C26H24N4O4S/c1-17-8-7-9-18(2)24(17)30-35(32,33)23-15-21(16-28-26(23)34-3)29-25(31)20-12-13-27-22(14-20)19-10-5-4-6-11-19/h4-16,30H,1-3H3,(H,29,31). The zero-order valence-corrected chi connectivity index (χ0v) is 20.3. The molecule has 4 rings (SSSR count). The van der Waals surface area contributed by atoms with Crippen LogP contribution in [0.15, 0.2) is 84.0 Å². The monoisotopic (exact) mass is 488 g/mol. The van der Waals surface area contributed by atoms with E-state index in [4.69, 9.17) is 4.74 Å². The number of anilines is 2. The first kappa shape index (κ1) is 23.9. The molecule has 35 heavy (non-hydrogen) atoms. The second kappa shape index (κ2) is 9.94. The van der Waals surface area contributed by atoms with E-state index in [9.17, 15) is 13.2 Å². The average molecular weight is 489 g/mol. The van der Waals surface area contributed by atoms with Gasteiger partial charge in [-0.2, -0.15) is 0 Å². The van der Waals surface area contributed by atoms with E-state index in [2.05, 4.69) is 20.0 Å². The summed E-state index contributed by atoms with van der Waals surface area (Å²) in [6.45, 7) is 3.63. The fourth-order valence-electron chi connectivity index (χ4n) is 3.55. The Kier molecular flexibility index (Phi) is 6.79. The summed E-state index contributed by atoms with van der Waals surface area (Å²) >= 11 is 0. The highest BCUT2D eigenvalue weighted by Gasteiger charge is 2.23. The highest BCUT2D eigenvalue weighted by Crippen LogP contribution is 2.29. The van der Waals surface area contributed by atoms with Crippen LogP contribution in [-0.4, -0.2) is 31.4 Å². The summed E-state index contributed by atoms with van der Waals surface area (Å²) in [5.74, 6) is -0.514. The normalized spacial score (nSPS) is 11.1. The van der Waals surface area contributed by atoms with Crippen LogP contribution < -0.4 is 14.8 Å². The summed E-state index contributed by atoms with van der Waals surface area (Å²) in [6, 6.07) is 19.5. The molecule has 8 nitrogen and oxygen atoms in total. The summed E-state index contributed by atoms with van der Waals surface area (Å²) in [5, 5.41) is 2.71. The van der Waals surface area contributed by atoms with E-state index in [0.717, 1.165) is 16.7 Å². The Balaban J connectivity index is 1.62. The summed E-state index contributed by atoms with van der Waals surface area (Å²) in [6.07, 6.45) is 2.89. The van der Waals surface area contributed by atoms with Gasteiger partial charge >= 0.3 is 0 Å². The molecule has 0 radical (unpaired) electrons. The van der Waals surface area contributed by atoms with E-state index < -0.39 is 15.9 Å². The zero-order chi connectivity index (χ0) is 25.0. The van der Waals surface area contributed by atoms with Crippen LogP contribution in [0.3, 0.4) is 0 Å². The van der Waals surface area contributed by atoms with Crippen LogP contribution in [0.5, 0.6) is 5.88 Å². The second-order valence-electron chi connectivity index (χ2n) is 7.85. The van der Waals surface area contributed by atoms with E-state index in [-0.39, 0.29) is 16.5 Å². The van der Waals surface area contributed by atoms with Crippen molar-refractivity contribution in [3.05, 3.63) is 95.8 Å². The van der Waals surface area contributed by atoms with Crippen LogP contribution >= 0.6 is 0 Å². The maximum absolute atomic E-state index is 13.2. The molecule has 0 saturated carbocycles. The van der Waals surface area contributed by atoms with Gasteiger partial charge in [0.25, 0.3) is 15.9 Å². The number of ether oxygens (including phenoxy) is 1.